The number of aliphatic hydroxyl groups excluding tert-OH is 1. The molecule has 1 atom stereocenters. The fourth-order valence-electron chi connectivity index (χ4n) is 0.792. The van der Waals surface area contributed by atoms with Crippen molar-refractivity contribution in [3.8, 4) is 5.75 Å². The van der Waals surface area contributed by atoms with Crippen LogP contribution < -0.4 is 4.74 Å². The first-order chi connectivity index (χ1) is 6.24. The molecule has 13 heavy (non-hydrogen) atoms. The molecular formula is C9H10Br2O2. The van der Waals surface area contributed by atoms with E-state index in [0.717, 1.165) is 10.2 Å². The van der Waals surface area contributed by atoms with E-state index in [1.165, 1.54) is 0 Å². The van der Waals surface area contributed by atoms with Crippen LogP contribution in [0, 0.1) is 0 Å². The van der Waals surface area contributed by atoms with Crippen LogP contribution in [0.1, 0.15) is 0 Å². The number of hydrogen-bond acceptors (Lipinski definition) is 2. The van der Waals surface area contributed by atoms with Crippen molar-refractivity contribution in [3.05, 3.63) is 28.7 Å². The van der Waals surface area contributed by atoms with Gasteiger partial charge in [0.05, 0.1) is 10.6 Å². The molecule has 0 aliphatic rings. The van der Waals surface area contributed by atoms with Crippen molar-refractivity contribution in [3.63, 3.8) is 0 Å². The summed E-state index contributed by atoms with van der Waals surface area (Å²) in [5, 5.41) is 9.75. The Kier molecular flexibility index (Phi) is 4.77. The summed E-state index contributed by atoms with van der Waals surface area (Å²) in [6.45, 7) is 0.299. The zero-order valence-electron chi connectivity index (χ0n) is 6.91. The van der Waals surface area contributed by atoms with E-state index in [9.17, 15) is 5.11 Å². The quantitative estimate of drug-likeness (QED) is 0.866. The Hall–Kier alpha value is -0.0600. The lowest BCUT2D eigenvalue weighted by molar-refractivity contribution is 0.127. The summed E-state index contributed by atoms with van der Waals surface area (Å²) in [6, 6.07) is 7.55. The summed E-state index contributed by atoms with van der Waals surface area (Å²) in [6.07, 6.45) is -0.466. The molecule has 0 spiro atoms. The van der Waals surface area contributed by atoms with Crippen molar-refractivity contribution < 1.29 is 9.84 Å². The van der Waals surface area contributed by atoms with Crippen molar-refractivity contribution in [2.45, 2.75) is 6.10 Å². The summed E-state index contributed by atoms with van der Waals surface area (Å²) < 4.78 is 6.26. The highest BCUT2D eigenvalue weighted by molar-refractivity contribution is 9.10. The van der Waals surface area contributed by atoms with Gasteiger partial charge in [-0.1, -0.05) is 28.1 Å². The molecule has 72 valence electrons. The average Bonchev–Trinajstić information content (AvgIpc) is 2.16. The minimum absolute atomic E-state index is 0.299. The molecule has 0 aliphatic carbocycles. The van der Waals surface area contributed by atoms with Crippen LogP contribution in [0.5, 0.6) is 5.75 Å². The van der Waals surface area contributed by atoms with E-state index >= 15 is 0 Å². The molecule has 0 saturated heterocycles. The Morgan fingerprint density at radius 1 is 1.38 bits per heavy atom. The third-order valence-corrected chi connectivity index (χ3v) is 2.85. The fraction of sp³-hybridized carbons (Fsp3) is 0.333. The summed E-state index contributed by atoms with van der Waals surface area (Å²) in [7, 11) is 0. The lowest BCUT2D eigenvalue weighted by Gasteiger charge is -2.10. The van der Waals surface area contributed by atoms with Gasteiger partial charge in [-0.3, -0.25) is 0 Å². The summed E-state index contributed by atoms with van der Waals surface area (Å²) >= 11 is 6.52. The van der Waals surface area contributed by atoms with Gasteiger partial charge in [0.15, 0.2) is 0 Å². The molecule has 0 aromatic heterocycles. The second-order valence-corrected chi connectivity index (χ2v) is 4.05. The molecular weight excluding hydrogens is 300 g/mol. The summed E-state index contributed by atoms with van der Waals surface area (Å²) in [5.41, 5.74) is 0. The number of aliphatic hydroxyl groups is 1. The molecule has 4 heteroatoms. The Labute approximate surface area is 94.2 Å². The normalized spacial score (nSPS) is 12.5. The largest absolute Gasteiger partial charge is 0.490 e. The predicted molar refractivity (Wildman–Crippen MR) is 59.4 cm³/mol. The first-order valence-corrected chi connectivity index (χ1v) is 5.77. The smallest absolute Gasteiger partial charge is 0.133 e. The van der Waals surface area contributed by atoms with Gasteiger partial charge < -0.3 is 9.84 Å². The van der Waals surface area contributed by atoms with Crippen molar-refractivity contribution in [1.82, 2.24) is 0 Å². The SMILES string of the molecule is OC(CBr)COc1ccccc1Br. The lowest BCUT2D eigenvalue weighted by atomic mass is 10.3. The molecule has 0 saturated carbocycles. The molecule has 1 rings (SSSR count). The maximum atomic E-state index is 9.22. The average molecular weight is 310 g/mol. The van der Waals surface area contributed by atoms with Gasteiger partial charge in [-0.15, -0.1) is 0 Å². The number of halogens is 2. The number of alkyl halides is 1. The number of hydrogen-bond donors (Lipinski definition) is 1. The van der Waals surface area contributed by atoms with E-state index < -0.39 is 6.10 Å². The van der Waals surface area contributed by atoms with Crippen molar-refractivity contribution in [1.29, 1.82) is 0 Å². The summed E-state index contributed by atoms with van der Waals surface area (Å²) in [5.74, 6) is 0.752. The van der Waals surface area contributed by atoms with Gasteiger partial charge in [-0.25, -0.2) is 0 Å². The fourth-order valence-corrected chi connectivity index (χ4v) is 1.38. The molecule has 0 heterocycles. The van der Waals surface area contributed by atoms with Crippen LogP contribution in [-0.2, 0) is 0 Å². The predicted octanol–water partition coefficient (Wildman–Crippen LogP) is 2.58. The second-order valence-electron chi connectivity index (χ2n) is 2.55. The number of ether oxygens (including phenoxy) is 1. The van der Waals surface area contributed by atoms with Gasteiger partial charge in [0.2, 0.25) is 0 Å². The van der Waals surface area contributed by atoms with E-state index in [0.29, 0.717) is 11.9 Å². The van der Waals surface area contributed by atoms with E-state index in [-0.39, 0.29) is 0 Å². The molecule has 1 unspecified atom stereocenters. The zero-order chi connectivity index (χ0) is 9.68. The van der Waals surface area contributed by atoms with Crippen LogP contribution in [-0.4, -0.2) is 23.1 Å². The zero-order valence-corrected chi connectivity index (χ0v) is 10.1. The Morgan fingerprint density at radius 3 is 2.69 bits per heavy atom. The molecule has 0 bridgehead atoms. The van der Waals surface area contributed by atoms with Gasteiger partial charge >= 0.3 is 0 Å². The molecule has 0 radical (unpaired) electrons. The van der Waals surface area contributed by atoms with E-state index in [4.69, 9.17) is 4.74 Å². The number of benzene rings is 1. The monoisotopic (exact) mass is 308 g/mol. The Balaban J connectivity index is 2.50. The maximum Gasteiger partial charge on any atom is 0.133 e. The van der Waals surface area contributed by atoms with Crippen LogP contribution in [0.2, 0.25) is 0 Å². The summed E-state index contributed by atoms with van der Waals surface area (Å²) in [4.78, 5) is 0. The first kappa shape index (κ1) is 11.0. The second kappa shape index (κ2) is 5.62. The van der Waals surface area contributed by atoms with E-state index in [1.54, 1.807) is 0 Å². The van der Waals surface area contributed by atoms with Crippen molar-refractivity contribution in [2.75, 3.05) is 11.9 Å². The Bertz CT molecular complexity index is 266. The molecule has 1 aromatic carbocycles. The van der Waals surface area contributed by atoms with E-state index in [2.05, 4.69) is 31.9 Å². The first-order valence-electron chi connectivity index (χ1n) is 3.85. The molecule has 1 aromatic rings. The van der Waals surface area contributed by atoms with Gasteiger partial charge in [0.1, 0.15) is 12.4 Å². The van der Waals surface area contributed by atoms with Crippen molar-refractivity contribution >= 4 is 31.9 Å². The Morgan fingerprint density at radius 2 is 2.08 bits per heavy atom. The molecule has 2 nitrogen and oxygen atoms in total. The standard InChI is InChI=1S/C9H10Br2O2/c10-5-7(12)6-13-9-4-2-1-3-8(9)11/h1-4,7,12H,5-6H2. The van der Waals surface area contributed by atoms with Gasteiger partial charge in [0.25, 0.3) is 0 Å². The van der Waals surface area contributed by atoms with Crippen LogP contribution in [0.15, 0.2) is 28.7 Å². The van der Waals surface area contributed by atoms with Gasteiger partial charge in [-0.05, 0) is 28.1 Å². The minimum atomic E-state index is -0.466. The third kappa shape index (κ3) is 3.67. The van der Waals surface area contributed by atoms with Crippen LogP contribution in [0.25, 0.3) is 0 Å². The van der Waals surface area contributed by atoms with Crippen molar-refractivity contribution in [2.24, 2.45) is 0 Å². The highest BCUT2D eigenvalue weighted by Crippen LogP contribution is 2.23. The maximum absolute atomic E-state index is 9.22. The molecule has 1 N–H and O–H groups in total. The number of rotatable bonds is 4. The van der Waals surface area contributed by atoms with E-state index in [1.807, 2.05) is 24.3 Å². The lowest BCUT2D eigenvalue weighted by Crippen LogP contribution is -2.18. The highest BCUT2D eigenvalue weighted by Gasteiger charge is 2.04. The van der Waals surface area contributed by atoms with Crippen LogP contribution in [0.3, 0.4) is 0 Å². The topological polar surface area (TPSA) is 29.5 Å². The third-order valence-electron chi connectivity index (χ3n) is 1.45. The molecule has 0 amide bonds. The van der Waals surface area contributed by atoms with Crippen LogP contribution in [0.4, 0.5) is 0 Å². The minimum Gasteiger partial charge on any atom is -0.490 e. The van der Waals surface area contributed by atoms with Crippen LogP contribution >= 0.6 is 31.9 Å². The van der Waals surface area contributed by atoms with Gasteiger partial charge in [-0.2, -0.15) is 0 Å². The molecule has 0 fully saturated rings. The number of para-hydroxylation sites is 1. The molecule has 0 aliphatic heterocycles. The van der Waals surface area contributed by atoms with Gasteiger partial charge in [0, 0.05) is 5.33 Å². The highest BCUT2D eigenvalue weighted by atomic mass is 79.9.